The second-order valence-electron chi connectivity index (χ2n) is 11.5. The maximum Gasteiger partial charge on any atom is 0.408 e. The van der Waals surface area contributed by atoms with Crippen LogP contribution in [0.4, 0.5) is 10.5 Å². The van der Waals surface area contributed by atoms with Crippen LogP contribution in [0.15, 0.2) is 66.7 Å². The molecule has 0 bridgehead atoms. The third-order valence-electron chi connectivity index (χ3n) is 6.72. The number of aliphatic hydroxyl groups is 1. The summed E-state index contributed by atoms with van der Waals surface area (Å²) in [4.78, 5) is 23.8. The Balaban J connectivity index is 1.59. The molecule has 1 amide bonds. The molecule has 0 aromatic heterocycles. The average molecular weight is 561 g/mol. The Morgan fingerprint density at radius 1 is 1.00 bits per heavy atom. The predicted molar refractivity (Wildman–Crippen MR) is 159 cm³/mol. The lowest BCUT2D eigenvalue weighted by molar-refractivity contribution is -0.136. The summed E-state index contributed by atoms with van der Waals surface area (Å²) in [5.74, 6) is 0.341. The highest BCUT2D eigenvalue weighted by molar-refractivity contribution is 5.72. The summed E-state index contributed by atoms with van der Waals surface area (Å²) in [6, 6.07) is 20.9. The molecule has 1 aliphatic rings. The number of carbonyl (C=O) groups is 2. The lowest BCUT2D eigenvalue weighted by Gasteiger charge is -2.24. The number of amides is 1. The molecule has 0 radical (unpaired) electrons. The molecular formula is C33H40N2O6. The highest BCUT2D eigenvalue weighted by Gasteiger charge is 2.22. The number of aliphatic carboxylic acids is 1. The van der Waals surface area contributed by atoms with Crippen LogP contribution in [0.1, 0.15) is 62.8 Å². The van der Waals surface area contributed by atoms with Crippen LogP contribution in [0.25, 0.3) is 11.1 Å². The normalized spacial score (nSPS) is 13.8. The van der Waals surface area contributed by atoms with Gasteiger partial charge in [0.05, 0.1) is 12.5 Å². The molecule has 8 heteroatoms. The van der Waals surface area contributed by atoms with Gasteiger partial charge in [-0.3, -0.25) is 4.79 Å². The number of carboxylic acids is 1. The van der Waals surface area contributed by atoms with Crippen molar-refractivity contribution < 1.29 is 29.3 Å². The third kappa shape index (κ3) is 9.53. The predicted octanol–water partition coefficient (Wildman–Crippen LogP) is 6.33. The van der Waals surface area contributed by atoms with Crippen molar-refractivity contribution in [3.8, 4) is 16.9 Å². The standard InChI is InChI=1S/C33H40N2O6/c1-33(2,3)41-32(39)35-29(13-14-36)25-9-6-8-24(17-25)27-15-23(16-28(18-27)34-20-22-11-12-22)21-40-30-10-5-4-7-26(30)19-31(37)38/h4-10,15-18,22,29,34,36H,11-14,19-21H2,1-3H3,(H,35,39)(H,37,38). The van der Waals surface area contributed by atoms with Gasteiger partial charge in [0.15, 0.2) is 0 Å². The smallest absolute Gasteiger partial charge is 0.408 e. The number of benzene rings is 3. The number of hydrogen-bond donors (Lipinski definition) is 4. The van der Waals surface area contributed by atoms with Gasteiger partial charge in [0, 0.05) is 24.4 Å². The first kappa shape index (κ1) is 29.9. The molecule has 8 nitrogen and oxygen atoms in total. The maximum absolute atomic E-state index is 12.5. The zero-order chi connectivity index (χ0) is 29.4. The number of anilines is 1. The lowest BCUT2D eigenvalue weighted by Crippen LogP contribution is -2.35. The van der Waals surface area contributed by atoms with Gasteiger partial charge in [-0.1, -0.05) is 36.4 Å². The van der Waals surface area contributed by atoms with Crippen molar-refractivity contribution in [2.24, 2.45) is 5.92 Å². The molecule has 1 saturated carbocycles. The molecule has 41 heavy (non-hydrogen) atoms. The molecule has 1 unspecified atom stereocenters. The maximum atomic E-state index is 12.5. The molecule has 4 rings (SSSR count). The highest BCUT2D eigenvalue weighted by Crippen LogP contribution is 2.32. The minimum Gasteiger partial charge on any atom is -0.489 e. The van der Waals surface area contributed by atoms with Crippen molar-refractivity contribution in [3.05, 3.63) is 83.4 Å². The number of ether oxygens (including phenoxy) is 2. The van der Waals surface area contributed by atoms with E-state index >= 15 is 0 Å². The van der Waals surface area contributed by atoms with Gasteiger partial charge >= 0.3 is 12.1 Å². The van der Waals surface area contributed by atoms with E-state index in [1.165, 1.54) is 12.8 Å². The molecular weight excluding hydrogens is 520 g/mol. The topological polar surface area (TPSA) is 117 Å². The summed E-state index contributed by atoms with van der Waals surface area (Å²) in [7, 11) is 0. The van der Waals surface area contributed by atoms with Gasteiger partial charge in [-0.15, -0.1) is 0 Å². The van der Waals surface area contributed by atoms with Gasteiger partial charge in [0.25, 0.3) is 0 Å². The zero-order valence-electron chi connectivity index (χ0n) is 24.0. The lowest BCUT2D eigenvalue weighted by atomic mass is 9.96. The van der Waals surface area contributed by atoms with E-state index in [0.717, 1.165) is 34.5 Å². The first-order chi connectivity index (χ1) is 19.6. The Labute approximate surface area is 241 Å². The van der Waals surface area contributed by atoms with Crippen LogP contribution in [-0.4, -0.2) is 41.0 Å². The van der Waals surface area contributed by atoms with Crippen molar-refractivity contribution in [2.45, 2.75) is 64.7 Å². The molecule has 3 aromatic carbocycles. The van der Waals surface area contributed by atoms with E-state index in [9.17, 15) is 19.8 Å². The van der Waals surface area contributed by atoms with Gasteiger partial charge in [0.1, 0.15) is 18.0 Å². The first-order valence-electron chi connectivity index (χ1n) is 14.1. The number of carbonyl (C=O) groups excluding carboxylic acids is 1. The van der Waals surface area contributed by atoms with E-state index < -0.39 is 23.7 Å². The third-order valence-corrected chi connectivity index (χ3v) is 6.72. The van der Waals surface area contributed by atoms with Gasteiger partial charge in [-0.05, 0) is 98.5 Å². The van der Waals surface area contributed by atoms with E-state index in [1.807, 2.05) is 51.1 Å². The molecule has 1 atom stereocenters. The van der Waals surface area contributed by atoms with Crippen LogP contribution in [0.3, 0.4) is 0 Å². The Morgan fingerprint density at radius 3 is 2.49 bits per heavy atom. The van der Waals surface area contributed by atoms with Gasteiger partial charge < -0.3 is 30.3 Å². The molecule has 218 valence electrons. The summed E-state index contributed by atoms with van der Waals surface area (Å²) >= 11 is 0. The average Bonchev–Trinajstić information content (AvgIpc) is 3.75. The minimum absolute atomic E-state index is 0.0872. The second kappa shape index (κ2) is 13.5. The quantitative estimate of drug-likeness (QED) is 0.193. The van der Waals surface area contributed by atoms with Crippen LogP contribution < -0.4 is 15.4 Å². The molecule has 0 aliphatic heterocycles. The van der Waals surface area contributed by atoms with Crippen LogP contribution in [0.2, 0.25) is 0 Å². The number of carboxylic acid groups (broad SMARTS) is 1. The first-order valence-corrected chi connectivity index (χ1v) is 14.1. The second-order valence-corrected chi connectivity index (χ2v) is 11.5. The molecule has 3 aromatic rings. The summed E-state index contributed by atoms with van der Waals surface area (Å²) in [6.45, 7) is 6.52. The Morgan fingerprint density at radius 2 is 1.78 bits per heavy atom. The Kier molecular flexibility index (Phi) is 9.89. The fourth-order valence-corrected chi connectivity index (χ4v) is 4.58. The van der Waals surface area contributed by atoms with Crippen LogP contribution in [0.5, 0.6) is 5.75 Å². The molecule has 4 N–H and O–H groups in total. The summed E-state index contributed by atoms with van der Waals surface area (Å²) in [5.41, 5.74) is 4.72. The van der Waals surface area contributed by atoms with E-state index in [1.54, 1.807) is 18.2 Å². The zero-order valence-corrected chi connectivity index (χ0v) is 24.0. The monoisotopic (exact) mass is 560 g/mol. The van der Waals surface area contributed by atoms with E-state index in [0.29, 0.717) is 23.7 Å². The number of hydrogen-bond acceptors (Lipinski definition) is 6. The molecule has 0 heterocycles. The largest absolute Gasteiger partial charge is 0.489 e. The van der Waals surface area contributed by atoms with E-state index in [2.05, 4.69) is 28.8 Å². The number of alkyl carbamates (subject to hydrolysis) is 1. The van der Waals surface area contributed by atoms with E-state index in [-0.39, 0.29) is 19.6 Å². The summed E-state index contributed by atoms with van der Waals surface area (Å²) in [5, 5.41) is 25.4. The summed E-state index contributed by atoms with van der Waals surface area (Å²) < 4.78 is 11.5. The number of nitrogens with one attached hydrogen (secondary N) is 2. The molecule has 0 spiro atoms. The van der Waals surface area contributed by atoms with Gasteiger partial charge in [-0.2, -0.15) is 0 Å². The minimum atomic E-state index is -0.907. The molecule has 0 saturated heterocycles. The van der Waals surface area contributed by atoms with Crippen LogP contribution in [0, 0.1) is 5.92 Å². The Bertz CT molecular complexity index is 1350. The summed E-state index contributed by atoms with van der Waals surface area (Å²) in [6.07, 6.45) is 2.18. The number of aliphatic hydroxyl groups excluding tert-OH is 1. The van der Waals surface area contributed by atoms with Crippen molar-refractivity contribution in [2.75, 3.05) is 18.5 Å². The van der Waals surface area contributed by atoms with Gasteiger partial charge in [0.2, 0.25) is 0 Å². The van der Waals surface area contributed by atoms with Crippen molar-refractivity contribution in [3.63, 3.8) is 0 Å². The SMILES string of the molecule is CC(C)(C)OC(=O)NC(CCO)c1cccc(-c2cc(COc3ccccc3CC(=O)O)cc(NCC3CC3)c2)c1. The molecule has 1 aliphatic carbocycles. The fourth-order valence-electron chi connectivity index (χ4n) is 4.58. The van der Waals surface area contributed by atoms with Crippen LogP contribution >= 0.6 is 0 Å². The number of para-hydroxylation sites is 1. The van der Waals surface area contributed by atoms with E-state index in [4.69, 9.17) is 9.47 Å². The highest BCUT2D eigenvalue weighted by atomic mass is 16.6. The number of rotatable bonds is 13. The molecule has 1 fully saturated rings. The fraction of sp³-hybridized carbons (Fsp3) is 0.394. The van der Waals surface area contributed by atoms with Crippen molar-refractivity contribution >= 4 is 17.7 Å². The van der Waals surface area contributed by atoms with Crippen LogP contribution in [-0.2, 0) is 22.6 Å². The van der Waals surface area contributed by atoms with Crippen molar-refractivity contribution in [1.82, 2.24) is 5.32 Å². The van der Waals surface area contributed by atoms with Crippen molar-refractivity contribution in [1.29, 1.82) is 0 Å². The van der Waals surface area contributed by atoms with Gasteiger partial charge in [-0.25, -0.2) is 4.79 Å². The Hall–Kier alpha value is -4.04.